The van der Waals surface area contributed by atoms with Crippen LogP contribution in [0.3, 0.4) is 0 Å². The van der Waals surface area contributed by atoms with Crippen LogP contribution in [0.2, 0.25) is 0 Å². The Kier molecular flexibility index (Phi) is 4.84. The number of anilines is 1. The number of nitrogens with zero attached hydrogens (tertiary/aromatic N) is 3. The van der Waals surface area contributed by atoms with Crippen molar-refractivity contribution in [2.45, 2.75) is 18.9 Å². The van der Waals surface area contributed by atoms with Gasteiger partial charge in [0.2, 0.25) is 0 Å². The van der Waals surface area contributed by atoms with E-state index in [1.165, 1.54) is 0 Å². The maximum atomic E-state index is 12.3. The Morgan fingerprint density at radius 3 is 2.62 bits per heavy atom. The van der Waals surface area contributed by atoms with Crippen molar-refractivity contribution >= 4 is 38.6 Å². The van der Waals surface area contributed by atoms with Crippen molar-refractivity contribution < 1.29 is 4.79 Å². The van der Waals surface area contributed by atoms with Gasteiger partial charge in [0.15, 0.2) is 0 Å². The molecule has 0 aliphatic carbocycles. The second kappa shape index (κ2) is 7.41. The van der Waals surface area contributed by atoms with Crippen LogP contribution < -0.4 is 10.2 Å². The topological polar surface area (TPSA) is 58.1 Å². The number of aromatic nitrogens is 2. The molecule has 26 heavy (non-hydrogen) atoms. The zero-order chi connectivity index (χ0) is 17.9. The van der Waals surface area contributed by atoms with Crippen LogP contribution >= 0.6 is 15.9 Å². The summed E-state index contributed by atoms with van der Waals surface area (Å²) >= 11 is 3.53. The molecule has 4 rings (SSSR count). The van der Waals surface area contributed by atoms with Crippen LogP contribution in [0.25, 0.3) is 10.9 Å². The van der Waals surface area contributed by atoms with Crippen LogP contribution in [0.5, 0.6) is 0 Å². The summed E-state index contributed by atoms with van der Waals surface area (Å²) in [7, 11) is 0. The van der Waals surface area contributed by atoms with Gasteiger partial charge in [0.1, 0.15) is 12.1 Å². The average molecular weight is 411 g/mol. The molecule has 0 unspecified atom stereocenters. The van der Waals surface area contributed by atoms with Gasteiger partial charge in [0.05, 0.1) is 5.52 Å². The number of piperidine rings is 1. The third-order valence-corrected chi connectivity index (χ3v) is 5.24. The number of hydrogen-bond donors (Lipinski definition) is 1. The summed E-state index contributed by atoms with van der Waals surface area (Å²) in [5.74, 6) is 0.963. The normalized spacial score (nSPS) is 15.2. The smallest absolute Gasteiger partial charge is 0.251 e. The second-order valence-corrected chi connectivity index (χ2v) is 7.38. The first-order valence-corrected chi connectivity index (χ1v) is 9.51. The van der Waals surface area contributed by atoms with Crippen molar-refractivity contribution in [1.82, 2.24) is 15.3 Å². The van der Waals surface area contributed by atoms with E-state index in [-0.39, 0.29) is 11.9 Å². The molecule has 1 N–H and O–H groups in total. The standard InChI is InChI=1S/C20H19BrN4O/c21-15-6-7-18-17(12-15)19(23-13-22-18)25-10-8-16(9-11-25)24-20(26)14-4-2-1-3-5-14/h1-7,12-13,16H,8-11H2,(H,24,26). The molecule has 132 valence electrons. The Balaban J connectivity index is 1.44. The second-order valence-electron chi connectivity index (χ2n) is 6.46. The van der Waals surface area contributed by atoms with Gasteiger partial charge in [-0.05, 0) is 43.2 Å². The van der Waals surface area contributed by atoms with Crippen molar-refractivity contribution in [3.8, 4) is 0 Å². The summed E-state index contributed by atoms with van der Waals surface area (Å²) in [5.41, 5.74) is 1.65. The van der Waals surface area contributed by atoms with Gasteiger partial charge < -0.3 is 10.2 Å². The van der Waals surface area contributed by atoms with Crippen molar-refractivity contribution in [2.75, 3.05) is 18.0 Å². The number of carbonyl (C=O) groups excluding carboxylic acids is 1. The number of carbonyl (C=O) groups is 1. The van der Waals surface area contributed by atoms with Crippen LogP contribution in [0.1, 0.15) is 23.2 Å². The minimum atomic E-state index is 0.000432. The first-order chi connectivity index (χ1) is 12.7. The molecule has 0 radical (unpaired) electrons. The van der Waals surface area contributed by atoms with E-state index in [1.54, 1.807) is 6.33 Å². The first-order valence-electron chi connectivity index (χ1n) is 8.72. The number of hydrogen-bond acceptors (Lipinski definition) is 4. The molecule has 0 saturated carbocycles. The number of amides is 1. The summed E-state index contributed by atoms with van der Waals surface area (Å²) in [6.07, 6.45) is 3.42. The van der Waals surface area contributed by atoms with Gasteiger partial charge in [-0.25, -0.2) is 9.97 Å². The molecule has 2 aromatic carbocycles. The lowest BCUT2D eigenvalue weighted by Gasteiger charge is -2.33. The van der Waals surface area contributed by atoms with Gasteiger partial charge in [-0.2, -0.15) is 0 Å². The molecule has 0 bridgehead atoms. The van der Waals surface area contributed by atoms with Crippen LogP contribution in [-0.4, -0.2) is 35.0 Å². The van der Waals surface area contributed by atoms with E-state index in [9.17, 15) is 4.79 Å². The summed E-state index contributed by atoms with van der Waals surface area (Å²) in [6.45, 7) is 1.72. The van der Waals surface area contributed by atoms with Crippen LogP contribution in [0, 0.1) is 0 Å². The molecular formula is C20H19BrN4O. The third kappa shape index (κ3) is 3.55. The van der Waals surface area contributed by atoms with E-state index in [0.717, 1.165) is 47.1 Å². The minimum Gasteiger partial charge on any atom is -0.356 e. The van der Waals surface area contributed by atoms with E-state index < -0.39 is 0 Å². The highest BCUT2D eigenvalue weighted by Gasteiger charge is 2.23. The zero-order valence-electron chi connectivity index (χ0n) is 14.2. The number of rotatable bonds is 3. The molecule has 6 heteroatoms. The molecule has 0 atom stereocenters. The SMILES string of the molecule is O=C(NC1CCN(c2ncnc3ccc(Br)cc23)CC1)c1ccccc1. The minimum absolute atomic E-state index is 0.000432. The fourth-order valence-electron chi connectivity index (χ4n) is 3.36. The predicted octanol–water partition coefficient (Wildman–Crippen LogP) is 3.79. The molecule has 1 aliphatic rings. The summed E-state index contributed by atoms with van der Waals surface area (Å²) in [5, 5.41) is 4.20. The van der Waals surface area contributed by atoms with Crippen LogP contribution in [-0.2, 0) is 0 Å². The first kappa shape index (κ1) is 17.0. The van der Waals surface area contributed by atoms with Crippen molar-refractivity contribution in [1.29, 1.82) is 0 Å². The van der Waals surface area contributed by atoms with Crippen LogP contribution in [0.4, 0.5) is 5.82 Å². The highest BCUT2D eigenvalue weighted by atomic mass is 79.9. The van der Waals surface area contributed by atoms with E-state index >= 15 is 0 Å². The summed E-state index contributed by atoms with van der Waals surface area (Å²) < 4.78 is 1.02. The van der Waals surface area contributed by atoms with E-state index in [4.69, 9.17) is 0 Å². The number of halogens is 1. The quantitative estimate of drug-likeness (QED) is 0.713. The lowest BCUT2D eigenvalue weighted by atomic mass is 10.0. The van der Waals surface area contributed by atoms with Gasteiger partial charge in [0.25, 0.3) is 5.91 Å². The fourth-order valence-corrected chi connectivity index (χ4v) is 3.72. The third-order valence-electron chi connectivity index (χ3n) is 4.74. The average Bonchev–Trinajstić information content (AvgIpc) is 2.69. The lowest BCUT2D eigenvalue weighted by Crippen LogP contribution is -2.45. The highest BCUT2D eigenvalue weighted by Crippen LogP contribution is 2.28. The Labute approximate surface area is 160 Å². The Bertz CT molecular complexity index is 924. The van der Waals surface area contributed by atoms with E-state index in [2.05, 4.69) is 42.2 Å². The molecule has 1 fully saturated rings. The molecular weight excluding hydrogens is 392 g/mol. The fraction of sp³-hybridized carbons (Fsp3) is 0.250. The maximum absolute atomic E-state index is 12.3. The van der Waals surface area contributed by atoms with Gasteiger partial charge in [-0.15, -0.1) is 0 Å². The molecule has 0 spiro atoms. The van der Waals surface area contributed by atoms with Gasteiger partial charge in [-0.1, -0.05) is 34.1 Å². The molecule has 3 aromatic rings. The molecule has 2 heterocycles. The number of benzene rings is 2. The Morgan fingerprint density at radius 2 is 1.85 bits per heavy atom. The summed E-state index contributed by atoms with van der Waals surface area (Å²) in [6, 6.07) is 15.6. The van der Waals surface area contributed by atoms with Crippen molar-refractivity contribution in [3.63, 3.8) is 0 Å². The molecule has 1 amide bonds. The van der Waals surface area contributed by atoms with Crippen LogP contribution in [0.15, 0.2) is 59.3 Å². The van der Waals surface area contributed by atoms with Gasteiger partial charge in [0, 0.05) is 34.6 Å². The Morgan fingerprint density at radius 1 is 1.08 bits per heavy atom. The lowest BCUT2D eigenvalue weighted by molar-refractivity contribution is 0.0931. The van der Waals surface area contributed by atoms with Crippen molar-refractivity contribution in [3.05, 3.63) is 64.9 Å². The molecule has 5 nitrogen and oxygen atoms in total. The monoisotopic (exact) mass is 410 g/mol. The van der Waals surface area contributed by atoms with E-state index in [1.807, 2.05) is 42.5 Å². The maximum Gasteiger partial charge on any atom is 0.251 e. The molecule has 1 saturated heterocycles. The van der Waals surface area contributed by atoms with Gasteiger partial charge in [-0.3, -0.25) is 4.79 Å². The van der Waals surface area contributed by atoms with Gasteiger partial charge >= 0.3 is 0 Å². The zero-order valence-corrected chi connectivity index (χ0v) is 15.8. The van der Waals surface area contributed by atoms with Crippen molar-refractivity contribution in [2.24, 2.45) is 0 Å². The van der Waals surface area contributed by atoms with E-state index in [0.29, 0.717) is 5.56 Å². The Hall–Kier alpha value is -2.47. The largest absolute Gasteiger partial charge is 0.356 e. The number of fused-ring (bicyclic) bond motifs is 1. The predicted molar refractivity (Wildman–Crippen MR) is 106 cm³/mol. The summed E-state index contributed by atoms with van der Waals surface area (Å²) in [4.78, 5) is 23.5. The molecule has 1 aliphatic heterocycles. The number of nitrogens with one attached hydrogen (secondary N) is 1. The highest BCUT2D eigenvalue weighted by molar-refractivity contribution is 9.10. The molecule has 1 aromatic heterocycles.